The minimum atomic E-state index is -0.380. The Hall–Kier alpha value is -3.21. The maximum absolute atomic E-state index is 13.2. The summed E-state index contributed by atoms with van der Waals surface area (Å²) in [6.07, 6.45) is 7.72. The number of H-pyrrole nitrogens is 1. The van der Waals surface area contributed by atoms with Gasteiger partial charge in [-0.1, -0.05) is 13.8 Å². The summed E-state index contributed by atoms with van der Waals surface area (Å²) in [5, 5.41) is 15.1. The Labute approximate surface area is 167 Å². The average molecular weight is 387 g/mol. The average Bonchev–Trinajstić information content (AvgIpc) is 3.12. The molecular weight excluding hydrogens is 366 g/mol. The van der Waals surface area contributed by atoms with E-state index in [1.54, 1.807) is 11.2 Å². The maximum Gasteiger partial charge on any atom is 0.247 e. The van der Waals surface area contributed by atoms with E-state index < -0.39 is 0 Å². The molecule has 3 aromatic rings. The molecule has 8 heteroatoms. The van der Waals surface area contributed by atoms with Gasteiger partial charge in [-0.25, -0.2) is 9.97 Å². The van der Waals surface area contributed by atoms with Crippen molar-refractivity contribution in [3.63, 3.8) is 0 Å². The fourth-order valence-corrected chi connectivity index (χ4v) is 5.00. The van der Waals surface area contributed by atoms with Crippen molar-refractivity contribution in [3.8, 4) is 17.3 Å². The van der Waals surface area contributed by atoms with Crippen molar-refractivity contribution in [1.29, 1.82) is 5.26 Å². The molecule has 1 N–H and O–H groups in total. The number of aromatic nitrogens is 5. The molecule has 2 fully saturated rings. The molecule has 1 amide bonds. The molecule has 0 radical (unpaired) electrons. The van der Waals surface area contributed by atoms with Crippen LogP contribution >= 0.6 is 0 Å². The van der Waals surface area contributed by atoms with Gasteiger partial charge in [-0.3, -0.25) is 9.48 Å². The number of amides is 1. The third-order valence-electron chi connectivity index (χ3n) is 6.72. The number of nitriles is 1. The van der Waals surface area contributed by atoms with Crippen LogP contribution in [0.15, 0.2) is 18.7 Å². The maximum atomic E-state index is 13.2. The number of fused-ring (bicyclic) bond motifs is 4. The molecule has 4 heterocycles. The second kappa shape index (κ2) is 5.44. The highest BCUT2D eigenvalue weighted by Gasteiger charge is 2.54. The van der Waals surface area contributed by atoms with Crippen molar-refractivity contribution in [2.75, 3.05) is 13.1 Å². The molecule has 1 unspecified atom stereocenters. The van der Waals surface area contributed by atoms with Gasteiger partial charge in [0.15, 0.2) is 0 Å². The van der Waals surface area contributed by atoms with Gasteiger partial charge >= 0.3 is 0 Å². The normalized spacial score (nSPS) is 19.9. The van der Waals surface area contributed by atoms with Crippen molar-refractivity contribution in [1.82, 2.24) is 29.6 Å². The molecule has 1 saturated heterocycles. The lowest BCUT2D eigenvalue weighted by Gasteiger charge is -2.38. The lowest BCUT2D eigenvalue weighted by molar-refractivity contribution is -0.141. The van der Waals surface area contributed by atoms with Crippen LogP contribution in [-0.2, 0) is 10.2 Å². The Morgan fingerprint density at radius 1 is 1.34 bits per heavy atom. The number of hydrogen-bond donors (Lipinski definition) is 1. The largest absolute Gasteiger partial charge is 0.346 e. The fourth-order valence-electron chi connectivity index (χ4n) is 5.00. The van der Waals surface area contributed by atoms with Gasteiger partial charge in [0, 0.05) is 41.8 Å². The molecule has 8 nitrogen and oxygen atoms in total. The summed E-state index contributed by atoms with van der Waals surface area (Å²) < 4.78 is 1.85. The molecule has 6 rings (SSSR count). The number of hydrogen-bond acceptors (Lipinski definition) is 5. The topological polar surface area (TPSA) is 103 Å². The van der Waals surface area contributed by atoms with Crippen molar-refractivity contribution in [2.45, 2.75) is 38.1 Å². The Kier molecular flexibility index (Phi) is 3.14. The van der Waals surface area contributed by atoms with E-state index in [9.17, 15) is 4.79 Å². The van der Waals surface area contributed by atoms with E-state index in [0.717, 1.165) is 40.8 Å². The van der Waals surface area contributed by atoms with Gasteiger partial charge in [0.2, 0.25) is 5.91 Å². The van der Waals surface area contributed by atoms with Crippen molar-refractivity contribution < 1.29 is 4.79 Å². The Balaban J connectivity index is 1.46. The second-order valence-corrected chi connectivity index (χ2v) is 8.86. The summed E-state index contributed by atoms with van der Waals surface area (Å²) in [5.74, 6) is 0.0850. The monoisotopic (exact) mass is 387 g/mol. The molecule has 1 atom stereocenters. The Morgan fingerprint density at radius 3 is 2.83 bits per heavy atom. The quantitative estimate of drug-likeness (QED) is 0.743. The van der Waals surface area contributed by atoms with Crippen molar-refractivity contribution in [2.24, 2.45) is 11.8 Å². The Morgan fingerprint density at radius 2 is 2.14 bits per heavy atom. The number of carbonyl (C=O) groups excluding carboxylic acids is 1. The van der Waals surface area contributed by atoms with E-state index in [1.807, 2.05) is 30.9 Å². The number of nitrogens with one attached hydrogen (secondary N) is 1. The molecule has 3 aromatic heterocycles. The van der Waals surface area contributed by atoms with Crippen LogP contribution in [0.3, 0.4) is 0 Å². The smallest absolute Gasteiger partial charge is 0.247 e. The third kappa shape index (κ3) is 2.07. The summed E-state index contributed by atoms with van der Waals surface area (Å²) in [7, 11) is 0. The number of aromatic amines is 1. The highest BCUT2D eigenvalue weighted by molar-refractivity contribution is 5.98. The number of nitrogens with zero attached hydrogens (tertiary/aromatic N) is 6. The number of carbonyl (C=O) groups is 1. The van der Waals surface area contributed by atoms with Crippen LogP contribution in [0, 0.1) is 23.2 Å². The zero-order valence-electron chi connectivity index (χ0n) is 16.4. The second-order valence-electron chi connectivity index (χ2n) is 8.86. The van der Waals surface area contributed by atoms with Crippen LogP contribution < -0.4 is 0 Å². The number of rotatable bonds is 3. The van der Waals surface area contributed by atoms with E-state index in [1.165, 1.54) is 5.56 Å². The molecule has 1 saturated carbocycles. The van der Waals surface area contributed by atoms with Crippen molar-refractivity contribution in [3.05, 3.63) is 30.0 Å². The van der Waals surface area contributed by atoms with Crippen LogP contribution in [0.5, 0.6) is 0 Å². The van der Waals surface area contributed by atoms with Crippen LogP contribution in [0.1, 0.15) is 44.0 Å². The van der Waals surface area contributed by atoms with Gasteiger partial charge < -0.3 is 9.88 Å². The van der Waals surface area contributed by atoms with Gasteiger partial charge in [0.1, 0.15) is 18.0 Å². The summed E-state index contributed by atoms with van der Waals surface area (Å²) in [6.45, 7) is 5.12. The summed E-state index contributed by atoms with van der Waals surface area (Å²) in [4.78, 5) is 27.2. The Bertz CT molecular complexity index is 1200. The van der Waals surface area contributed by atoms with Gasteiger partial charge in [0.25, 0.3) is 0 Å². The van der Waals surface area contributed by atoms with E-state index in [4.69, 9.17) is 10.4 Å². The molecule has 1 spiro atoms. The molecule has 2 aliphatic carbocycles. The van der Waals surface area contributed by atoms with E-state index in [2.05, 4.69) is 21.0 Å². The molecule has 3 aliphatic rings. The zero-order valence-corrected chi connectivity index (χ0v) is 16.4. The third-order valence-corrected chi connectivity index (χ3v) is 6.72. The summed E-state index contributed by atoms with van der Waals surface area (Å²) >= 11 is 0. The molecule has 146 valence electrons. The zero-order chi connectivity index (χ0) is 19.9. The summed E-state index contributed by atoms with van der Waals surface area (Å²) in [5.41, 5.74) is 4.94. The van der Waals surface area contributed by atoms with Crippen LogP contribution in [0.25, 0.3) is 22.3 Å². The van der Waals surface area contributed by atoms with Gasteiger partial charge in [-0.2, -0.15) is 10.4 Å². The standard InChI is InChI=1S/C21H21N7O/c1-11(2)17(20(29)27-7-12(5-22)8-27)28-9-13-16-15-14(6-23-19(15)25-10-24-16)21(3-4-21)18(13)26-28/h6,9-12,17H,3-4,7-8H2,1-2H3,(H,23,24,25). The predicted octanol–water partition coefficient (Wildman–Crippen LogP) is 2.39. The lowest BCUT2D eigenvalue weighted by Crippen LogP contribution is -2.52. The first-order valence-corrected chi connectivity index (χ1v) is 10.1. The highest BCUT2D eigenvalue weighted by atomic mass is 16.2. The fraction of sp³-hybridized carbons (Fsp3) is 0.476. The highest BCUT2D eigenvalue weighted by Crippen LogP contribution is 2.60. The predicted molar refractivity (Wildman–Crippen MR) is 105 cm³/mol. The molecule has 0 bridgehead atoms. The van der Waals surface area contributed by atoms with Crippen LogP contribution in [0.4, 0.5) is 0 Å². The minimum Gasteiger partial charge on any atom is -0.346 e. The number of likely N-dealkylation sites (tertiary alicyclic amines) is 1. The first-order valence-electron chi connectivity index (χ1n) is 10.1. The molecule has 0 aromatic carbocycles. The van der Waals surface area contributed by atoms with E-state index in [0.29, 0.717) is 13.1 Å². The van der Waals surface area contributed by atoms with Gasteiger partial charge in [-0.05, 0) is 24.3 Å². The summed E-state index contributed by atoms with van der Waals surface area (Å²) in [6, 6.07) is 1.86. The van der Waals surface area contributed by atoms with E-state index >= 15 is 0 Å². The molecular formula is C21H21N7O. The van der Waals surface area contributed by atoms with Crippen molar-refractivity contribution >= 4 is 16.9 Å². The first-order chi connectivity index (χ1) is 14.0. The molecule has 1 aliphatic heterocycles. The minimum absolute atomic E-state index is 0.0457. The van der Waals surface area contributed by atoms with Gasteiger partial charge in [-0.15, -0.1) is 0 Å². The van der Waals surface area contributed by atoms with Crippen LogP contribution in [-0.4, -0.2) is 48.6 Å². The van der Waals surface area contributed by atoms with E-state index in [-0.39, 0.29) is 29.2 Å². The van der Waals surface area contributed by atoms with Crippen LogP contribution in [0.2, 0.25) is 0 Å². The first kappa shape index (κ1) is 16.7. The lowest BCUT2D eigenvalue weighted by atomic mass is 9.83. The SMILES string of the molecule is CC(C)C(C(=O)N1CC(C#N)C1)n1cc2c(n1)C1(CC1)c1c[nH]c3ncnc-2c13. The molecule has 29 heavy (non-hydrogen) atoms. The van der Waals surface area contributed by atoms with Gasteiger partial charge in [0.05, 0.1) is 23.4 Å².